The van der Waals surface area contributed by atoms with Crippen molar-refractivity contribution in [2.45, 2.75) is 19.2 Å². The Kier molecular flexibility index (Phi) is 4.22. The van der Waals surface area contributed by atoms with Crippen molar-refractivity contribution in [1.82, 2.24) is 0 Å². The van der Waals surface area contributed by atoms with Crippen molar-refractivity contribution >= 4 is 10.8 Å². The summed E-state index contributed by atoms with van der Waals surface area (Å²) in [5.74, 6) is 0.687. The van der Waals surface area contributed by atoms with Crippen LogP contribution in [0.5, 0.6) is 0 Å². The topological polar surface area (TPSA) is 43.1 Å². The molecule has 4 heteroatoms. The number of hydrogen-bond donors (Lipinski definition) is 1. The first kappa shape index (κ1) is 11.3. The van der Waals surface area contributed by atoms with Gasteiger partial charge in [-0.15, -0.1) is 0 Å². The Balaban J connectivity index is 2.86. The number of halogens is 1. The highest BCUT2D eigenvalue weighted by Gasteiger charge is 2.03. The van der Waals surface area contributed by atoms with Crippen molar-refractivity contribution in [2.75, 3.05) is 5.75 Å². The molecule has 1 rings (SSSR count). The first-order valence-electron chi connectivity index (χ1n) is 4.49. The van der Waals surface area contributed by atoms with Crippen LogP contribution in [0.25, 0.3) is 0 Å². The highest BCUT2D eigenvalue weighted by molar-refractivity contribution is 7.84. The van der Waals surface area contributed by atoms with E-state index in [0.29, 0.717) is 18.1 Å². The van der Waals surface area contributed by atoms with E-state index in [-0.39, 0.29) is 5.82 Å². The number of nitrogens with two attached hydrogens (primary N) is 1. The zero-order chi connectivity index (χ0) is 10.6. The molecule has 0 aromatic heterocycles. The summed E-state index contributed by atoms with van der Waals surface area (Å²) in [4.78, 5) is 0. The fraction of sp³-hybridized carbons (Fsp3) is 0.400. The Bertz CT molecular complexity index is 341. The summed E-state index contributed by atoms with van der Waals surface area (Å²) in [5, 5.41) is 0. The average molecular weight is 215 g/mol. The summed E-state index contributed by atoms with van der Waals surface area (Å²) in [7, 11) is -0.904. The molecule has 0 heterocycles. The van der Waals surface area contributed by atoms with Gasteiger partial charge in [-0.1, -0.05) is 13.0 Å². The van der Waals surface area contributed by atoms with Gasteiger partial charge >= 0.3 is 0 Å². The van der Waals surface area contributed by atoms with E-state index in [4.69, 9.17) is 5.73 Å². The molecule has 0 aliphatic rings. The molecule has 0 fully saturated rings. The van der Waals surface area contributed by atoms with E-state index in [9.17, 15) is 8.60 Å². The molecule has 1 unspecified atom stereocenters. The molecular weight excluding hydrogens is 201 g/mol. The SMILES string of the molecule is CCS(=O)Cc1cc(F)cc(CN)c1. The highest BCUT2D eigenvalue weighted by atomic mass is 32.2. The lowest BCUT2D eigenvalue weighted by atomic mass is 10.1. The average Bonchev–Trinajstić information content (AvgIpc) is 2.16. The largest absolute Gasteiger partial charge is 0.326 e. The van der Waals surface area contributed by atoms with Crippen LogP contribution in [0.4, 0.5) is 4.39 Å². The maximum absolute atomic E-state index is 13.0. The van der Waals surface area contributed by atoms with Gasteiger partial charge in [0.25, 0.3) is 0 Å². The predicted octanol–water partition coefficient (Wildman–Crippen LogP) is 1.55. The molecule has 0 spiro atoms. The quantitative estimate of drug-likeness (QED) is 0.828. The summed E-state index contributed by atoms with van der Waals surface area (Å²) in [6.07, 6.45) is 0. The molecule has 0 saturated carbocycles. The molecule has 0 aliphatic carbocycles. The molecule has 1 atom stereocenters. The monoisotopic (exact) mass is 215 g/mol. The van der Waals surface area contributed by atoms with Gasteiger partial charge in [-0.05, 0) is 23.3 Å². The van der Waals surface area contributed by atoms with Crippen LogP contribution in [0.2, 0.25) is 0 Å². The van der Waals surface area contributed by atoms with Gasteiger partial charge in [0.1, 0.15) is 5.82 Å². The normalized spacial score (nSPS) is 12.8. The van der Waals surface area contributed by atoms with Gasteiger partial charge in [-0.2, -0.15) is 0 Å². The summed E-state index contributed by atoms with van der Waals surface area (Å²) in [6.45, 7) is 2.16. The summed E-state index contributed by atoms with van der Waals surface area (Å²) in [6, 6.07) is 4.61. The molecule has 0 aliphatic heterocycles. The Morgan fingerprint density at radius 3 is 2.57 bits per heavy atom. The maximum atomic E-state index is 13.0. The van der Waals surface area contributed by atoms with Gasteiger partial charge in [0, 0.05) is 28.9 Å². The van der Waals surface area contributed by atoms with E-state index >= 15 is 0 Å². The lowest BCUT2D eigenvalue weighted by Crippen LogP contribution is -2.02. The molecule has 2 N–H and O–H groups in total. The Morgan fingerprint density at radius 1 is 1.36 bits per heavy atom. The van der Waals surface area contributed by atoms with E-state index in [1.54, 1.807) is 6.07 Å². The lowest BCUT2D eigenvalue weighted by molar-refractivity contribution is 0.623. The van der Waals surface area contributed by atoms with Crippen LogP contribution in [-0.2, 0) is 23.1 Å². The number of hydrogen-bond acceptors (Lipinski definition) is 2. The maximum Gasteiger partial charge on any atom is 0.123 e. The van der Waals surface area contributed by atoms with Crippen LogP contribution in [0.15, 0.2) is 18.2 Å². The van der Waals surface area contributed by atoms with Crippen LogP contribution >= 0.6 is 0 Å². The van der Waals surface area contributed by atoms with E-state index < -0.39 is 10.8 Å². The van der Waals surface area contributed by atoms with Gasteiger partial charge < -0.3 is 5.73 Å². The van der Waals surface area contributed by atoms with Crippen molar-refractivity contribution in [2.24, 2.45) is 5.73 Å². The molecule has 1 aromatic rings. The zero-order valence-corrected chi connectivity index (χ0v) is 8.94. The third kappa shape index (κ3) is 3.20. The first-order valence-corrected chi connectivity index (χ1v) is 5.98. The lowest BCUT2D eigenvalue weighted by Gasteiger charge is -2.03. The van der Waals surface area contributed by atoms with E-state index in [1.807, 2.05) is 6.92 Å². The van der Waals surface area contributed by atoms with Gasteiger partial charge in [-0.25, -0.2) is 4.39 Å². The summed E-state index contributed by atoms with van der Waals surface area (Å²) in [5.41, 5.74) is 6.91. The molecule has 78 valence electrons. The van der Waals surface area contributed by atoms with Crippen molar-refractivity contribution in [3.8, 4) is 0 Å². The smallest absolute Gasteiger partial charge is 0.123 e. The van der Waals surface area contributed by atoms with E-state index in [2.05, 4.69) is 0 Å². The molecule has 1 aromatic carbocycles. The van der Waals surface area contributed by atoms with Gasteiger partial charge in [0.2, 0.25) is 0 Å². The second-order valence-electron chi connectivity index (χ2n) is 3.04. The fourth-order valence-electron chi connectivity index (χ4n) is 1.21. The van der Waals surface area contributed by atoms with Crippen molar-refractivity contribution in [3.05, 3.63) is 35.1 Å². The minimum absolute atomic E-state index is 0.309. The standard InChI is InChI=1S/C10H14FNOS/c1-2-14(13)7-9-3-8(6-12)4-10(11)5-9/h3-5H,2,6-7,12H2,1H3. The zero-order valence-electron chi connectivity index (χ0n) is 8.13. The van der Waals surface area contributed by atoms with Gasteiger partial charge in [-0.3, -0.25) is 4.21 Å². The van der Waals surface area contributed by atoms with Crippen molar-refractivity contribution < 1.29 is 8.60 Å². The highest BCUT2D eigenvalue weighted by Crippen LogP contribution is 2.10. The number of benzene rings is 1. The van der Waals surface area contributed by atoms with Crippen LogP contribution in [-0.4, -0.2) is 9.96 Å². The minimum Gasteiger partial charge on any atom is -0.326 e. The van der Waals surface area contributed by atoms with Crippen molar-refractivity contribution in [1.29, 1.82) is 0 Å². The fourth-order valence-corrected chi connectivity index (χ4v) is 1.95. The molecule has 0 bridgehead atoms. The van der Waals surface area contributed by atoms with Gasteiger partial charge in [0.15, 0.2) is 0 Å². The third-order valence-corrected chi connectivity index (χ3v) is 3.20. The third-order valence-electron chi connectivity index (χ3n) is 1.90. The molecular formula is C10H14FNOS. The van der Waals surface area contributed by atoms with Gasteiger partial charge in [0.05, 0.1) is 0 Å². The molecule has 2 nitrogen and oxygen atoms in total. The second kappa shape index (κ2) is 5.22. The molecule has 14 heavy (non-hydrogen) atoms. The van der Waals surface area contributed by atoms with Crippen LogP contribution in [0, 0.1) is 5.82 Å². The van der Waals surface area contributed by atoms with Crippen LogP contribution < -0.4 is 5.73 Å². The Hall–Kier alpha value is -0.740. The summed E-state index contributed by atoms with van der Waals surface area (Å²) >= 11 is 0. The Labute approximate surface area is 85.8 Å². The van der Waals surface area contributed by atoms with Crippen molar-refractivity contribution in [3.63, 3.8) is 0 Å². The second-order valence-corrected chi connectivity index (χ2v) is 4.79. The minimum atomic E-state index is -0.904. The van der Waals surface area contributed by atoms with E-state index in [1.165, 1.54) is 12.1 Å². The first-order chi connectivity index (χ1) is 6.65. The molecule has 0 radical (unpaired) electrons. The molecule has 0 saturated heterocycles. The number of rotatable bonds is 4. The summed E-state index contributed by atoms with van der Waals surface area (Å²) < 4.78 is 24.3. The van der Waals surface area contributed by atoms with Crippen LogP contribution in [0.3, 0.4) is 0 Å². The Morgan fingerprint density at radius 2 is 2.00 bits per heavy atom. The predicted molar refractivity (Wildman–Crippen MR) is 56.7 cm³/mol. The van der Waals surface area contributed by atoms with E-state index in [0.717, 1.165) is 11.1 Å². The molecule has 0 amide bonds. The van der Waals surface area contributed by atoms with Crippen LogP contribution in [0.1, 0.15) is 18.1 Å².